The summed E-state index contributed by atoms with van der Waals surface area (Å²) in [6, 6.07) is 4.04. The number of hydrogen-bond donors (Lipinski definition) is 2. The summed E-state index contributed by atoms with van der Waals surface area (Å²) in [5.41, 5.74) is 0.971. The Morgan fingerprint density at radius 3 is 2.60 bits per heavy atom. The first-order valence-corrected chi connectivity index (χ1v) is 7.82. The van der Waals surface area contributed by atoms with Crippen molar-refractivity contribution in [3.63, 3.8) is 0 Å². The van der Waals surface area contributed by atoms with Crippen LogP contribution in [0, 0.1) is 6.92 Å². The van der Waals surface area contributed by atoms with Crippen molar-refractivity contribution in [1.82, 2.24) is 5.32 Å². The van der Waals surface area contributed by atoms with Crippen LogP contribution in [0.3, 0.4) is 0 Å². The lowest BCUT2D eigenvalue weighted by molar-refractivity contribution is 0.0871. The highest BCUT2D eigenvalue weighted by Crippen LogP contribution is 2.14. The molecule has 7 heteroatoms. The average Bonchev–Trinajstić information content (AvgIpc) is 2.34. The summed E-state index contributed by atoms with van der Waals surface area (Å²) in [5.74, 6) is -0.268. The number of carbonyl (C=O) groups is 1. The Bertz CT molecular complexity index is 584. The Morgan fingerprint density at radius 2 is 2.10 bits per heavy atom. The molecule has 20 heavy (non-hydrogen) atoms. The second kappa shape index (κ2) is 6.83. The van der Waals surface area contributed by atoms with E-state index in [0.717, 1.165) is 0 Å². The molecule has 0 spiro atoms. The molecule has 1 unspecified atom stereocenters. The summed E-state index contributed by atoms with van der Waals surface area (Å²) in [6.07, 6.45) is 0. The van der Waals surface area contributed by atoms with E-state index in [0.29, 0.717) is 24.3 Å². The Labute approximate surface area is 119 Å². The van der Waals surface area contributed by atoms with E-state index in [-0.39, 0.29) is 16.8 Å². The summed E-state index contributed by atoms with van der Waals surface area (Å²) < 4.78 is 27.7. The Balaban J connectivity index is 2.84. The molecule has 3 N–H and O–H groups in total. The standard InChI is InChI=1S/C13H20N2O4S/c1-4-19-8-10(3)15-13(16)12-6-5-11(7-9(12)2)20(14,17)18/h5-7,10H,4,8H2,1-3H3,(H,15,16)(H2,14,17,18). The average molecular weight is 300 g/mol. The largest absolute Gasteiger partial charge is 0.380 e. The van der Waals surface area contributed by atoms with Crippen molar-refractivity contribution >= 4 is 15.9 Å². The van der Waals surface area contributed by atoms with Gasteiger partial charge in [-0.15, -0.1) is 0 Å². The van der Waals surface area contributed by atoms with Gasteiger partial charge >= 0.3 is 0 Å². The van der Waals surface area contributed by atoms with E-state index in [4.69, 9.17) is 9.88 Å². The first-order valence-electron chi connectivity index (χ1n) is 6.27. The predicted octanol–water partition coefficient (Wildman–Crippen LogP) is 0.797. The van der Waals surface area contributed by atoms with Crippen molar-refractivity contribution in [3.05, 3.63) is 29.3 Å². The van der Waals surface area contributed by atoms with E-state index in [9.17, 15) is 13.2 Å². The van der Waals surface area contributed by atoms with Crippen molar-refractivity contribution in [3.8, 4) is 0 Å². The van der Waals surface area contributed by atoms with Gasteiger partial charge in [-0.2, -0.15) is 0 Å². The molecule has 0 heterocycles. The van der Waals surface area contributed by atoms with Crippen molar-refractivity contribution in [1.29, 1.82) is 0 Å². The third-order valence-electron chi connectivity index (χ3n) is 2.72. The highest BCUT2D eigenvalue weighted by molar-refractivity contribution is 7.89. The molecule has 112 valence electrons. The zero-order valence-electron chi connectivity index (χ0n) is 11.8. The van der Waals surface area contributed by atoms with Gasteiger partial charge in [-0.1, -0.05) is 0 Å². The Hall–Kier alpha value is -1.44. The molecule has 0 fully saturated rings. The molecule has 0 bridgehead atoms. The van der Waals surface area contributed by atoms with Crippen LogP contribution in [0.15, 0.2) is 23.1 Å². The number of sulfonamides is 1. The number of carbonyl (C=O) groups excluding carboxylic acids is 1. The fraction of sp³-hybridized carbons (Fsp3) is 0.462. The lowest BCUT2D eigenvalue weighted by Crippen LogP contribution is -2.36. The maximum absolute atomic E-state index is 12.1. The van der Waals surface area contributed by atoms with Crippen LogP contribution in [0.1, 0.15) is 29.8 Å². The Kier molecular flexibility index (Phi) is 5.67. The summed E-state index contributed by atoms with van der Waals surface area (Å²) in [6.45, 7) is 6.39. The molecule has 0 aromatic heterocycles. The SMILES string of the molecule is CCOCC(C)NC(=O)c1ccc(S(N)(=O)=O)cc1C. The van der Waals surface area contributed by atoms with Gasteiger partial charge in [0.05, 0.1) is 11.5 Å². The third-order valence-corrected chi connectivity index (χ3v) is 3.63. The highest BCUT2D eigenvalue weighted by Gasteiger charge is 2.15. The van der Waals surface area contributed by atoms with Crippen LogP contribution >= 0.6 is 0 Å². The minimum absolute atomic E-state index is 0.00563. The minimum Gasteiger partial charge on any atom is -0.380 e. The number of aryl methyl sites for hydroxylation is 1. The number of nitrogens with one attached hydrogen (secondary N) is 1. The van der Waals surface area contributed by atoms with Crippen LogP contribution in [-0.2, 0) is 14.8 Å². The van der Waals surface area contributed by atoms with Crippen molar-refractivity contribution in [2.24, 2.45) is 5.14 Å². The quantitative estimate of drug-likeness (QED) is 0.811. The van der Waals surface area contributed by atoms with E-state index in [1.54, 1.807) is 6.92 Å². The first kappa shape index (κ1) is 16.6. The molecule has 0 saturated heterocycles. The topological polar surface area (TPSA) is 98.5 Å². The third kappa shape index (κ3) is 4.59. The van der Waals surface area contributed by atoms with Crippen LogP contribution in [0.4, 0.5) is 0 Å². The van der Waals surface area contributed by atoms with Crippen LogP contribution < -0.4 is 10.5 Å². The van der Waals surface area contributed by atoms with Crippen LogP contribution in [-0.4, -0.2) is 33.6 Å². The summed E-state index contributed by atoms with van der Waals surface area (Å²) in [4.78, 5) is 12.0. The van der Waals surface area contributed by atoms with Gasteiger partial charge in [-0.25, -0.2) is 13.6 Å². The molecule has 1 aromatic rings. The molecule has 0 aliphatic rings. The summed E-state index contributed by atoms with van der Waals surface area (Å²) >= 11 is 0. The van der Waals surface area contributed by atoms with E-state index in [1.807, 2.05) is 13.8 Å². The molecule has 0 saturated carbocycles. The van der Waals surface area contributed by atoms with E-state index in [2.05, 4.69) is 5.32 Å². The van der Waals surface area contributed by atoms with Gasteiger partial charge in [0.2, 0.25) is 10.0 Å². The molecule has 1 atom stereocenters. The zero-order chi connectivity index (χ0) is 15.3. The van der Waals surface area contributed by atoms with Gasteiger partial charge < -0.3 is 10.1 Å². The fourth-order valence-corrected chi connectivity index (χ4v) is 2.30. The van der Waals surface area contributed by atoms with Gasteiger partial charge in [-0.3, -0.25) is 4.79 Å². The number of nitrogens with two attached hydrogens (primary N) is 1. The van der Waals surface area contributed by atoms with Gasteiger partial charge in [0.15, 0.2) is 0 Å². The van der Waals surface area contributed by atoms with Gasteiger partial charge in [0.1, 0.15) is 0 Å². The number of hydrogen-bond acceptors (Lipinski definition) is 4. The maximum atomic E-state index is 12.1. The van der Waals surface area contributed by atoms with Crippen molar-refractivity contribution in [2.45, 2.75) is 31.7 Å². The molecule has 1 aromatic carbocycles. The Morgan fingerprint density at radius 1 is 1.45 bits per heavy atom. The molecule has 1 rings (SSSR count). The summed E-state index contributed by atoms with van der Waals surface area (Å²) in [5, 5.41) is 7.83. The number of rotatable bonds is 6. The van der Waals surface area contributed by atoms with Gasteiger partial charge in [-0.05, 0) is 44.5 Å². The minimum atomic E-state index is -3.75. The van der Waals surface area contributed by atoms with Gasteiger partial charge in [0, 0.05) is 18.2 Å². The molecule has 0 aliphatic carbocycles. The molecule has 0 radical (unpaired) electrons. The monoisotopic (exact) mass is 300 g/mol. The number of primary sulfonamides is 1. The van der Waals surface area contributed by atoms with E-state index >= 15 is 0 Å². The first-order chi connectivity index (χ1) is 9.25. The van der Waals surface area contributed by atoms with Crippen molar-refractivity contribution < 1.29 is 17.9 Å². The second-order valence-corrected chi connectivity index (χ2v) is 6.12. The van der Waals surface area contributed by atoms with Crippen molar-refractivity contribution in [2.75, 3.05) is 13.2 Å². The molecular formula is C13H20N2O4S. The van der Waals surface area contributed by atoms with E-state index in [1.165, 1.54) is 18.2 Å². The molecular weight excluding hydrogens is 280 g/mol. The maximum Gasteiger partial charge on any atom is 0.251 e. The van der Waals surface area contributed by atoms with Gasteiger partial charge in [0.25, 0.3) is 5.91 Å². The lowest BCUT2D eigenvalue weighted by atomic mass is 10.1. The highest BCUT2D eigenvalue weighted by atomic mass is 32.2. The summed E-state index contributed by atoms with van der Waals surface area (Å²) in [7, 11) is -3.75. The number of ether oxygens (including phenoxy) is 1. The molecule has 6 nitrogen and oxygen atoms in total. The second-order valence-electron chi connectivity index (χ2n) is 4.56. The normalized spacial score (nSPS) is 13.0. The van der Waals surface area contributed by atoms with Crippen LogP contribution in [0.2, 0.25) is 0 Å². The lowest BCUT2D eigenvalue weighted by Gasteiger charge is -2.15. The zero-order valence-corrected chi connectivity index (χ0v) is 12.7. The fourth-order valence-electron chi connectivity index (χ4n) is 1.71. The van der Waals surface area contributed by atoms with Crippen LogP contribution in [0.5, 0.6) is 0 Å². The molecule has 0 aliphatic heterocycles. The van der Waals surface area contributed by atoms with E-state index < -0.39 is 10.0 Å². The van der Waals surface area contributed by atoms with Crippen LogP contribution in [0.25, 0.3) is 0 Å². The number of benzene rings is 1. The number of amides is 1. The molecule has 1 amide bonds. The smallest absolute Gasteiger partial charge is 0.251 e. The predicted molar refractivity (Wildman–Crippen MR) is 76.0 cm³/mol.